The Morgan fingerprint density at radius 2 is 0.577 bits per heavy atom. The van der Waals surface area contributed by atoms with Crippen LogP contribution in [-0.4, -0.2) is 64.3 Å². The zero-order valence-corrected chi connectivity index (χ0v) is 20.3. The standard InChI is InChI=1S/C16H38N2.2BrO3/c1-17(2,3)15-13-11-9-7-8-10-12-14-16-18(4,5)6;2*2-1(3)4/h7-16H2,1-6H3;;/q+2;2*-1. The maximum Gasteiger partial charge on any atom is 0.216 e. The lowest BCUT2D eigenvalue weighted by Crippen LogP contribution is -2.43. The van der Waals surface area contributed by atoms with Crippen molar-refractivity contribution >= 4 is 0 Å². The van der Waals surface area contributed by atoms with Gasteiger partial charge < -0.3 is 34.2 Å². The van der Waals surface area contributed by atoms with Gasteiger partial charge in [-0.15, -0.1) is 0 Å². The van der Waals surface area contributed by atoms with Crippen LogP contribution in [-0.2, 0) is 0 Å². The summed E-state index contributed by atoms with van der Waals surface area (Å²) in [5, 5.41) is 0. The molecule has 0 fully saturated rings. The molecule has 0 aliphatic rings. The van der Waals surface area contributed by atoms with E-state index in [0.29, 0.717) is 0 Å². The highest BCUT2D eigenvalue weighted by Gasteiger charge is 2.06. The number of quaternary nitrogens is 2. The topological polar surface area (TPSA) is 138 Å². The van der Waals surface area contributed by atoms with Crippen LogP contribution in [0.1, 0.15) is 51.4 Å². The first-order valence-electron chi connectivity index (χ1n) is 8.74. The molecule has 162 valence electrons. The van der Waals surface area contributed by atoms with Crippen LogP contribution < -0.4 is 25.2 Å². The second-order valence-electron chi connectivity index (χ2n) is 8.23. The highest BCUT2D eigenvalue weighted by Crippen LogP contribution is 2.10. The van der Waals surface area contributed by atoms with Crippen molar-refractivity contribution in [1.82, 2.24) is 0 Å². The van der Waals surface area contributed by atoms with Crippen molar-refractivity contribution < 1.29 is 63.8 Å². The zero-order valence-electron chi connectivity index (χ0n) is 17.2. The molecule has 0 atom stereocenters. The Labute approximate surface area is 170 Å². The lowest BCUT2D eigenvalue weighted by atomic mass is 10.1. The first kappa shape index (κ1) is 31.3. The number of hydrogen-bond donors (Lipinski definition) is 0. The van der Waals surface area contributed by atoms with E-state index in [4.69, 9.17) is 25.2 Å². The normalized spacial score (nSPS) is 11.8. The van der Waals surface area contributed by atoms with Crippen molar-refractivity contribution in [2.45, 2.75) is 51.4 Å². The van der Waals surface area contributed by atoms with Gasteiger partial charge in [0.25, 0.3) is 0 Å². The Hall–Kier alpha value is 0.640. The van der Waals surface area contributed by atoms with Crippen LogP contribution in [0.3, 0.4) is 0 Å². The summed E-state index contributed by atoms with van der Waals surface area (Å²) in [4.78, 5) is 0. The Balaban J connectivity index is -0.000000551. The summed E-state index contributed by atoms with van der Waals surface area (Å²) in [5.74, 6) is 0. The van der Waals surface area contributed by atoms with Gasteiger partial charge in [-0.25, -0.2) is 0 Å². The number of hydrogen-bond acceptors (Lipinski definition) is 6. The predicted octanol–water partition coefficient (Wildman–Crippen LogP) is -3.61. The maximum atomic E-state index is 8.52. The summed E-state index contributed by atoms with van der Waals surface area (Å²) < 4.78 is 53.4. The highest BCUT2D eigenvalue weighted by molar-refractivity contribution is 4.47. The molecule has 0 saturated heterocycles. The molecule has 0 bridgehead atoms. The van der Waals surface area contributed by atoms with Gasteiger partial charge in [0, 0.05) is 0 Å². The van der Waals surface area contributed by atoms with Gasteiger partial charge in [-0.2, -0.15) is 0 Å². The minimum Gasteiger partial charge on any atom is -0.405 e. The van der Waals surface area contributed by atoms with Crippen molar-refractivity contribution in [3.8, 4) is 0 Å². The fourth-order valence-electron chi connectivity index (χ4n) is 2.23. The first-order valence-corrected chi connectivity index (χ1v) is 12.6. The van der Waals surface area contributed by atoms with Crippen LogP contribution in [0.4, 0.5) is 0 Å². The third-order valence-electron chi connectivity index (χ3n) is 3.41. The van der Waals surface area contributed by atoms with Crippen LogP contribution >= 0.6 is 0 Å². The van der Waals surface area contributed by atoms with Crippen LogP contribution in [0.15, 0.2) is 0 Å². The van der Waals surface area contributed by atoms with Gasteiger partial charge in [-0.1, -0.05) is 25.7 Å². The summed E-state index contributed by atoms with van der Waals surface area (Å²) in [6.45, 7) is 2.65. The quantitative estimate of drug-likeness (QED) is 0.206. The van der Waals surface area contributed by atoms with Crippen molar-refractivity contribution in [3.05, 3.63) is 0 Å². The monoisotopic (exact) mass is 512 g/mol. The van der Waals surface area contributed by atoms with E-state index in [9.17, 15) is 0 Å². The van der Waals surface area contributed by atoms with E-state index in [1.54, 1.807) is 0 Å². The lowest BCUT2D eigenvalue weighted by Gasteiger charge is -2.23. The van der Waals surface area contributed by atoms with Gasteiger partial charge in [0.15, 0.2) is 0 Å². The molecule has 0 heterocycles. The fourth-order valence-corrected chi connectivity index (χ4v) is 2.23. The molecule has 0 N–H and O–H groups in total. The SMILES string of the molecule is C[N+](C)(C)CCCCCCCCCC[N+](C)(C)C.[O-][Br+2]([O-])[O-].[O-][Br+2]([O-])[O-]. The largest absolute Gasteiger partial charge is 0.405 e. The van der Waals surface area contributed by atoms with E-state index in [0.717, 1.165) is 8.97 Å². The summed E-state index contributed by atoms with van der Waals surface area (Å²) in [6.07, 6.45) is 11.4. The number of unbranched alkanes of at least 4 members (excludes halogenated alkanes) is 7. The molecule has 8 nitrogen and oxygen atoms in total. The number of halogens is 2. The van der Waals surface area contributed by atoms with Crippen LogP contribution in [0.2, 0.25) is 0 Å². The van der Waals surface area contributed by atoms with Gasteiger partial charge in [-0.3, -0.25) is 0 Å². The highest BCUT2D eigenvalue weighted by atomic mass is 80.0. The summed E-state index contributed by atoms with van der Waals surface area (Å²) in [5.41, 5.74) is 0. The van der Waals surface area contributed by atoms with Crippen molar-refractivity contribution in [2.75, 3.05) is 55.4 Å². The van der Waals surface area contributed by atoms with Gasteiger partial charge in [0.2, 0.25) is 29.6 Å². The van der Waals surface area contributed by atoms with Crippen LogP contribution in [0.25, 0.3) is 0 Å². The van der Waals surface area contributed by atoms with E-state index < -0.39 is 29.6 Å². The second-order valence-corrected chi connectivity index (χ2v) is 9.82. The van der Waals surface area contributed by atoms with Crippen molar-refractivity contribution in [2.24, 2.45) is 0 Å². The molecule has 26 heavy (non-hydrogen) atoms. The number of rotatable bonds is 11. The lowest BCUT2D eigenvalue weighted by molar-refractivity contribution is -1.73. The molecule has 0 radical (unpaired) electrons. The number of nitrogens with zero attached hydrogens (tertiary/aromatic N) is 2. The first-order chi connectivity index (χ1) is 11.7. The van der Waals surface area contributed by atoms with E-state index >= 15 is 0 Å². The van der Waals surface area contributed by atoms with E-state index in [2.05, 4.69) is 42.3 Å². The molecule has 0 aromatic rings. The van der Waals surface area contributed by atoms with Crippen LogP contribution in [0.5, 0.6) is 0 Å². The van der Waals surface area contributed by atoms with E-state index in [-0.39, 0.29) is 0 Å². The third kappa shape index (κ3) is 56.3. The van der Waals surface area contributed by atoms with Gasteiger partial charge in [-0.05, 0) is 25.7 Å². The molecule has 0 saturated carbocycles. The summed E-state index contributed by atoms with van der Waals surface area (Å²) in [7, 11) is 13.7. The van der Waals surface area contributed by atoms with E-state index in [1.807, 2.05) is 0 Å². The molecule has 0 amide bonds. The molecule has 0 aliphatic carbocycles. The van der Waals surface area contributed by atoms with Crippen molar-refractivity contribution in [3.63, 3.8) is 0 Å². The molecule has 0 aliphatic heterocycles. The minimum atomic E-state index is -3.65. The minimum absolute atomic E-state index is 1.12. The second kappa shape index (κ2) is 19.0. The van der Waals surface area contributed by atoms with Gasteiger partial charge in [0.1, 0.15) is 0 Å². The average Bonchev–Trinajstić information content (AvgIpc) is 2.37. The molecular weight excluding hydrogens is 476 g/mol. The summed E-state index contributed by atoms with van der Waals surface area (Å²) >= 11 is -7.29. The smallest absolute Gasteiger partial charge is 0.216 e. The van der Waals surface area contributed by atoms with Gasteiger partial charge in [0.05, 0.1) is 55.4 Å². The predicted molar refractivity (Wildman–Crippen MR) is 82.7 cm³/mol. The zero-order chi connectivity index (χ0) is 21.2. The molecule has 0 aromatic carbocycles. The summed E-state index contributed by atoms with van der Waals surface area (Å²) in [6, 6.07) is 0. The van der Waals surface area contributed by atoms with Crippen molar-refractivity contribution in [1.29, 1.82) is 0 Å². The molecule has 0 unspecified atom stereocenters. The molecule has 0 spiro atoms. The molecule has 10 heteroatoms. The molecular formula is C16H38Br2N2O6. The fraction of sp³-hybridized carbons (Fsp3) is 1.00. The average molecular weight is 514 g/mol. The van der Waals surface area contributed by atoms with Crippen LogP contribution in [0, 0.1) is 29.6 Å². The van der Waals surface area contributed by atoms with E-state index in [1.165, 1.54) is 64.5 Å². The molecule has 0 aromatic heterocycles. The Kier molecular flexibility index (Phi) is 22.9. The maximum absolute atomic E-state index is 8.52. The molecule has 0 rings (SSSR count). The third-order valence-corrected chi connectivity index (χ3v) is 3.41. The Morgan fingerprint density at radius 3 is 0.731 bits per heavy atom. The van der Waals surface area contributed by atoms with Gasteiger partial charge >= 0.3 is 0 Å². The Morgan fingerprint density at radius 1 is 0.423 bits per heavy atom. The Bertz CT molecular complexity index is 251.